The zero-order chi connectivity index (χ0) is 13.8. The van der Waals surface area contributed by atoms with Crippen molar-refractivity contribution in [2.24, 2.45) is 0 Å². The maximum atomic E-state index is 11.6. The molecule has 0 saturated carbocycles. The second-order valence-corrected chi connectivity index (χ2v) is 4.87. The molecule has 19 heavy (non-hydrogen) atoms. The van der Waals surface area contributed by atoms with E-state index in [1.54, 1.807) is 36.4 Å². The van der Waals surface area contributed by atoms with Gasteiger partial charge in [-0.1, -0.05) is 34.8 Å². The van der Waals surface area contributed by atoms with Gasteiger partial charge in [-0.3, -0.25) is 5.32 Å². The highest BCUT2D eigenvalue weighted by Crippen LogP contribution is 2.25. The van der Waals surface area contributed by atoms with Crippen LogP contribution in [0.1, 0.15) is 0 Å². The molecule has 98 valence electrons. The number of carbonyl (C=O) groups excluding carboxylic acids is 1. The van der Waals surface area contributed by atoms with Crippen molar-refractivity contribution in [3.8, 4) is 5.75 Å². The van der Waals surface area contributed by atoms with Crippen LogP contribution in [0.4, 0.5) is 10.5 Å². The molecular weight excluding hydrogens is 309 g/mol. The summed E-state index contributed by atoms with van der Waals surface area (Å²) < 4.78 is 5.06. The zero-order valence-corrected chi connectivity index (χ0v) is 11.8. The molecule has 0 radical (unpaired) electrons. The monoisotopic (exact) mass is 315 g/mol. The molecule has 0 aliphatic rings. The maximum Gasteiger partial charge on any atom is 0.417 e. The lowest BCUT2D eigenvalue weighted by atomic mass is 10.3. The van der Waals surface area contributed by atoms with Crippen molar-refractivity contribution < 1.29 is 9.53 Å². The van der Waals surface area contributed by atoms with E-state index >= 15 is 0 Å². The molecule has 0 fully saturated rings. The van der Waals surface area contributed by atoms with Gasteiger partial charge in [-0.25, -0.2) is 4.79 Å². The molecule has 1 amide bonds. The van der Waals surface area contributed by atoms with Crippen LogP contribution in [0.5, 0.6) is 5.75 Å². The van der Waals surface area contributed by atoms with Crippen molar-refractivity contribution in [2.75, 3.05) is 5.32 Å². The van der Waals surface area contributed by atoms with Crippen molar-refractivity contribution in [1.82, 2.24) is 0 Å². The van der Waals surface area contributed by atoms with E-state index in [1.165, 1.54) is 6.07 Å². The van der Waals surface area contributed by atoms with Crippen LogP contribution in [0.3, 0.4) is 0 Å². The summed E-state index contributed by atoms with van der Waals surface area (Å²) >= 11 is 17.4. The van der Waals surface area contributed by atoms with Gasteiger partial charge in [0.25, 0.3) is 0 Å². The van der Waals surface area contributed by atoms with E-state index in [4.69, 9.17) is 39.5 Å². The summed E-state index contributed by atoms with van der Waals surface area (Å²) in [5, 5.41) is 3.90. The Bertz CT molecular complexity index is 599. The molecule has 0 aliphatic heterocycles. The number of nitrogens with one attached hydrogen (secondary N) is 1. The number of hydrogen-bond donors (Lipinski definition) is 1. The number of anilines is 1. The average Bonchev–Trinajstić information content (AvgIpc) is 2.36. The first-order valence-electron chi connectivity index (χ1n) is 5.24. The Balaban J connectivity index is 2.03. The lowest BCUT2D eigenvalue weighted by molar-refractivity contribution is 0.215. The number of halogens is 3. The molecular formula is C13H8Cl3NO2. The molecule has 0 bridgehead atoms. The fraction of sp³-hybridized carbons (Fsp3) is 0. The van der Waals surface area contributed by atoms with Crippen molar-refractivity contribution >= 4 is 46.6 Å². The minimum atomic E-state index is -0.647. The first-order chi connectivity index (χ1) is 9.04. The molecule has 6 heteroatoms. The number of amides is 1. The highest BCUT2D eigenvalue weighted by atomic mass is 35.5. The molecule has 3 nitrogen and oxygen atoms in total. The Morgan fingerprint density at radius 1 is 0.947 bits per heavy atom. The number of carbonyl (C=O) groups is 1. The molecule has 0 atom stereocenters. The highest BCUT2D eigenvalue weighted by molar-refractivity contribution is 6.36. The summed E-state index contributed by atoms with van der Waals surface area (Å²) in [5.74, 6) is 0.381. The van der Waals surface area contributed by atoms with E-state index in [0.717, 1.165) is 0 Å². The maximum absolute atomic E-state index is 11.6. The SMILES string of the molecule is O=C(Nc1ccc(Cl)cc1Cl)Oc1ccc(Cl)cc1. The molecule has 0 spiro atoms. The first kappa shape index (κ1) is 14.0. The molecule has 0 aromatic heterocycles. The van der Waals surface area contributed by atoms with Gasteiger partial charge in [-0.2, -0.15) is 0 Å². The summed E-state index contributed by atoms with van der Waals surface area (Å²) in [6, 6.07) is 11.2. The second-order valence-electron chi connectivity index (χ2n) is 3.59. The van der Waals surface area contributed by atoms with Crippen LogP contribution in [0.25, 0.3) is 0 Å². The largest absolute Gasteiger partial charge is 0.417 e. The van der Waals surface area contributed by atoms with E-state index < -0.39 is 6.09 Å². The van der Waals surface area contributed by atoms with Gasteiger partial charge in [0.05, 0.1) is 10.7 Å². The summed E-state index contributed by atoms with van der Waals surface area (Å²) in [6.07, 6.45) is -0.647. The van der Waals surface area contributed by atoms with E-state index in [-0.39, 0.29) is 0 Å². The summed E-state index contributed by atoms with van der Waals surface area (Å²) in [7, 11) is 0. The molecule has 0 aliphatic carbocycles. The Hall–Kier alpha value is -1.42. The third-order valence-corrected chi connectivity index (χ3v) is 2.99. The molecule has 0 heterocycles. The predicted octanol–water partition coefficient (Wildman–Crippen LogP) is 5.26. The number of benzene rings is 2. The third kappa shape index (κ3) is 4.03. The molecule has 2 aromatic rings. The summed E-state index contributed by atoms with van der Waals surface area (Å²) in [4.78, 5) is 11.6. The van der Waals surface area contributed by atoms with Crippen LogP contribution >= 0.6 is 34.8 Å². The Kier molecular flexibility index (Phi) is 4.53. The van der Waals surface area contributed by atoms with Gasteiger partial charge in [0, 0.05) is 10.0 Å². The van der Waals surface area contributed by atoms with Crippen molar-refractivity contribution in [1.29, 1.82) is 0 Å². The molecule has 0 unspecified atom stereocenters. The van der Waals surface area contributed by atoms with Gasteiger partial charge >= 0.3 is 6.09 Å². The average molecular weight is 317 g/mol. The summed E-state index contributed by atoms with van der Waals surface area (Å²) in [6.45, 7) is 0. The highest BCUT2D eigenvalue weighted by Gasteiger charge is 2.08. The van der Waals surface area contributed by atoms with Gasteiger partial charge in [0.1, 0.15) is 5.75 Å². The van der Waals surface area contributed by atoms with Crippen LogP contribution in [-0.2, 0) is 0 Å². The Labute approximate surface area is 125 Å². The van der Waals surface area contributed by atoms with Crippen molar-refractivity contribution in [3.05, 3.63) is 57.5 Å². The molecule has 0 saturated heterocycles. The van der Waals surface area contributed by atoms with E-state index in [0.29, 0.717) is 26.5 Å². The van der Waals surface area contributed by atoms with E-state index in [2.05, 4.69) is 5.32 Å². The van der Waals surface area contributed by atoms with E-state index in [9.17, 15) is 4.79 Å². The van der Waals surface area contributed by atoms with Crippen LogP contribution in [-0.4, -0.2) is 6.09 Å². The van der Waals surface area contributed by atoms with Crippen LogP contribution in [0.15, 0.2) is 42.5 Å². The van der Waals surface area contributed by atoms with Crippen molar-refractivity contribution in [3.63, 3.8) is 0 Å². The molecule has 1 N–H and O–H groups in total. The van der Waals surface area contributed by atoms with Crippen LogP contribution in [0, 0.1) is 0 Å². The number of rotatable bonds is 2. The number of hydrogen-bond acceptors (Lipinski definition) is 2. The third-order valence-electron chi connectivity index (χ3n) is 2.19. The zero-order valence-electron chi connectivity index (χ0n) is 9.49. The molecule has 2 aromatic carbocycles. The van der Waals surface area contributed by atoms with Gasteiger partial charge in [-0.15, -0.1) is 0 Å². The fourth-order valence-corrected chi connectivity index (χ4v) is 1.92. The minimum absolute atomic E-state index is 0.334. The smallest absolute Gasteiger partial charge is 0.410 e. The normalized spacial score (nSPS) is 10.1. The van der Waals surface area contributed by atoms with Gasteiger partial charge in [-0.05, 0) is 42.5 Å². The minimum Gasteiger partial charge on any atom is -0.410 e. The van der Waals surface area contributed by atoms with Crippen LogP contribution in [0.2, 0.25) is 15.1 Å². The predicted molar refractivity (Wildman–Crippen MR) is 77.6 cm³/mol. The number of ether oxygens (including phenoxy) is 1. The summed E-state index contributed by atoms with van der Waals surface area (Å²) in [5.41, 5.74) is 0.421. The van der Waals surface area contributed by atoms with E-state index in [1.807, 2.05) is 0 Å². The molecule has 2 rings (SSSR count). The topological polar surface area (TPSA) is 38.3 Å². The standard InChI is InChI=1S/C13H8Cl3NO2/c14-8-1-4-10(5-2-8)19-13(18)17-12-6-3-9(15)7-11(12)16/h1-7H,(H,17,18). The Morgan fingerprint density at radius 2 is 1.58 bits per heavy atom. The fourth-order valence-electron chi connectivity index (χ4n) is 1.34. The van der Waals surface area contributed by atoms with Gasteiger partial charge < -0.3 is 4.74 Å². The van der Waals surface area contributed by atoms with Crippen LogP contribution < -0.4 is 10.1 Å². The van der Waals surface area contributed by atoms with Crippen molar-refractivity contribution in [2.45, 2.75) is 0 Å². The lowest BCUT2D eigenvalue weighted by Gasteiger charge is -2.08. The van der Waals surface area contributed by atoms with Gasteiger partial charge in [0.2, 0.25) is 0 Å². The lowest BCUT2D eigenvalue weighted by Crippen LogP contribution is -2.16. The van der Waals surface area contributed by atoms with Gasteiger partial charge in [0.15, 0.2) is 0 Å². The Morgan fingerprint density at radius 3 is 2.21 bits per heavy atom. The second kappa shape index (κ2) is 6.15. The first-order valence-corrected chi connectivity index (χ1v) is 6.37. The quantitative estimate of drug-likeness (QED) is 0.821.